The second-order valence-electron chi connectivity index (χ2n) is 7.09. The van der Waals surface area contributed by atoms with Gasteiger partial charge in [-0.3, -0.25) is 4.98 Å². The zero-order valence-corrected chi connectivity index (χ0v) is 14.7. The van der Waals surface area contributed by atoms with Crippen LogP contribution in [0.4, 0.5) is 10.2 Å². The lowest BCUT2D eigenvalue weighted by molar-refractivity contribution is 0.499. The molecule has 0 spiro atoms. The lowest BCUT2D eigenvalue weighted by Gasteiger charge is -2.20. The maximum Gasteiger partial charge on any atom is 0.148 e. The maximum atomic E-state index is 14.8. The van der Waals surface area contributed by atoms with Crippen LogP contribution in [0.2, 0.25) is 0 Å². The van der Waals surface area contributed by atoms with Crippen molar-refractivity contribution < 1.29 is 4.39 Å². The Morgan fingerprint density at radius 1 is 1.00 bits per heavy atom. The summed E-state index contributed by atoms with van der Waals surface area (Å²) in [5.74, 6) is 0.609. The van der Waals surface area contributed by atoms with E-state index in [2.05, 4.69) is 15.3 Å². The molecule has 0 atom stereocenters. The van der Waals surface area contributed by atoms with E-state index in [0.29, 0.717) is 11.3 Å². The molecule has 3 nitrogen and oxygen atoms in total. The van der Waals surface area contributed by atoms with Crippen LogP contribution < -0.4 is 5.32 Å². The standard InChI is InChI=1S/C20H22FN3/c1-12-16(11-24-19(18(12)21)20(2,3)4)14-7-6-13-9-17(22-5)23-10-15(13)8-14/h6-11H,1-5H3,(H,22,23). The smallest absolute Gasteiger partial charge is 0.148 e. The van der Waals surface area contributed by atoms with Crippen LogP contribution in [0.5, 0.6) is 0 Å². The molecule has 0 aliphatic rings. The summed E-state index contributed by atoms with van der Waals surface area (Å²) in [4.78, 5) is 8.74. The number of nitrogens with one attached hydrogen (secondary N) is 1. The molecule has 3 aromatic rings. The van der Waals surface area contributed by atoms with Gasteiger partial charge in [-0.25, -0.2) is 9.37 Å². The van der Waals surface area contributed by atoms with Gasteiger partial charge in [0.05, 0.1) is 5.69 Å². The monoisotopic (exact) mass is 323 g/mol. The first-order chi connectivity index (χ1) is 11.3. The van der Waals surface area contributed by atoms with E-state index >= 15 is 0 Å². The number of aromatic nitrogens is 2. The molecule has 0 amide bonds. The summed E-state index contributed by atoms with van der Waals surface area (Å²) < 4.78 is 14.8. The van der Waals surface area contributed by atoms with Gasteiger partial charge in [0.2, 0.25) is 0 Å². The van der Waals surface area contributed by atoms with E-state index < -0.39 is 0 Å². The number of pyridine rings is 2. The van der Waals surface area contributed by atoms with Gasteiger partial charge < -0.3 is 5.32 Å². The van der Waals surface area contributed by atoms with Crippen molar-refractivity contribution in [1.82, 2.24) is 9.97 Å². The molecule has 124 valence electrons. The van der Waals surface area contributed by atoms with Gasteiger partial charge in [0.15, 0.2) is 0 Å². The van der Waals surface area contributed by atoms with Gasteiger partial charge in [0.1, 0.15) is 11.6 Å². The molecular weight excluding hydrogens is 301 g/mol. The van der Waals surface area contributed by atoms with Crippen molar-refractivity contribution in [3.63, 3.8) is 0 Å². The second-order valence-corrected chi connectivity index (χ2v) is 7.09. The Kier molecular flexibility index (Phi) is 3.99. The molecule has 4 heteroatoms. The third-order valence-electron chi connectivity index (χ3n) is 4.26. The fourth-order valence-corrected chi connectivity index (χ4v) is 2.84. The van der Waals surface area contributed by atoms with Crippen molar-refractivity contribution in [2.75, 3.05) is 12.4 Å². The highest BCUT2D eigenvalue weighted by atomic mass is 19.1. The Bertz CT molecular complexity index is 911. The third kappa shape index (κ3) is 2.84. The summed E-state index contributed by atoms with van der Waals surface area (Å²) in [6.45, 7) is 7.73. The number of fused-ring (bicyclic) bond motifs is 1. The molecule has 2 aromatic heterocycles. The van der Waals surface area contributed by atoms with E-state index in [1.54, 1.807) is 6.20 Å². The molecule has 0 saturated carbocycles. The van der Waals surface area contributed by atoms with Gasteiger partial charge in [-0.1, -0.05) is 32.9 Å². The summed E-state index contributed by atoms with van der Waals surface area (Å²) in [6.07, 6.45) is 3.60. The van der Waals surface area contributed by atoms with Crippen molar-refractivity contribution in [2.45, 2.75) is 33.1 Å². The van der Waals surface area contributed by atoms with Crippen molar-refractivity contribution >= 4 is 16.6 Å². The zero-order chi connectivity index (χ0) is 17.5. The number of benzene rings is 1. The molecule has 0 unspecified atom stereocenters. The SMILES string of the molecule is CNc1cc2ccc(-c3cnc(C(C)(C)C)c(F)c3C)cc2cn1. The summed E-state index contributed by atoms with van der Waals surface area (Å²) in [7, 11) is 1.84. The first kappa shape index (κ1) is 16.4. The van der Waals surface area contributed by atoms with Gasteiger partial charge >= 0.3 is 0 Å². The number of halogens is 1. The number of hydrogen-bond donors (Lipinski definition) is 1. The van der Waals surface area contributed by atoms with Crippen molar-refractivity contribution in [2.24, 2.45) is 0 Å². The van der Waals surface area contributed by atoms with Crippen LogP contribution >= 0.6 is 0 Å². The van der Waals surface area contributed by atoms with E-state index in [0.717, 1.165) is 27.7 Å². The van der Waals surface area contributed by atoms with E-state index in [9.17, 15) is 4.39 Å². The van der Waals surface area contributed by atoms with Gasteiger partial charge in [-0.05, 0) is 35.6 Å². The molecule has 1 aromatic carbocycles. The van der Waals surface area contributed by atoms with Gasteiger partial charge in [0.25, 0.3) is 0 Å². The van der Waals surface area contributed by atoms with Crippen molar-refractivity contribution in [3.05, 3.63) is 53.7 Å². The van der Waals surface area contributed by atoms with E-state index in [1.807, 2.05) is 65.2 Å². The maximum absolute atomic E-state index is 14.8. The van der Waals surface area contributed by atoms with Gasteiger partial charge in [-0.2, -0.15) is 0 Å². The highest BCUT2D eigenvalue weighted by Gasteiger charge is 2.23. The van der Waals surface area contributed by atoms with E-state index in [4.69, 9.17) is 0 Å². The first-order valence-corrected chi connectivity index (χ1v) is 8.05. The van der Waals surface area contributed by atoms with Crippen molar-refractivity contribution in [3.8, 4) is 11.1 Å². The molecule has 3 rings (SSSR count). The Balaban J connectivity index is 2.12. The molecule has 24 heavy (non-hydrogen) atoms. The average molecular weight is 323 g/mol. The minimum absolute atomic E-state index is 0.219. The van der Waals surface area contributed by atoms with Crippen LogP contribution in [-0.4, -0.2) is 17.0 Å². The minimum atomic E-state index is -0.315. The molecule has 0 aliphatic heterocycles. The fraction of sp³-hybridized carbons (Fsp3) is 0.300. The van der Waals surface area contributed by atoms with Crippen LogP contribution in [-0.2, 0) is 5.41 Å². The summed E-state index contributed by atoms with van der Waals surface area (Å²) >= 11 is 0. The Morgan fingerprint density at radius 2 is 1.75 bits per heavy atom. The Morgan fingerprint density at radius 3 is 2.42 bits per heavy atom. The first-order valence-electron chi connectivity index (χ1n) is 8.05. The highest BCUT2D eigenvalue weighted by molar-refractivity contribution is 5.88. The van der Waals surface area contributed by atoms with Crippen molar-refractivity contribution in [1.29, 1.82) is 0 Å². The van der Waals surface area contributed by atoms with Crippen LogP contribution in [0.25, 0.3) is 21.9 Å². The number of anilines is 1. The summed E-state index contributed by atoms with van der Waals surface area (Å²) in [5.41, 5.74) is 2.59. The molecule has 2 heterocycles. The lowest BCUT2D eigenvalue weighted by Crippen LogP contribution is -2.17. The third-order valence-corrected chi connectivity index (χ3v) is 4.26. The molecule has 0 saturated heterocycles. The van der Waals surface area contributed by atoms with Gasteiger partial charge in [0, 0.05) is 35.8 Å². The summed E-state index contributed by atoms with van der Waals surface area (Å²) in [5, 5.41) is 5.14. The molecule has 0 radical (unpaired) electrons. The molecule has 0 fully saturated rings. The predicted octanol–water partition coefficient (Wildman–Crippen LogP) is 5.08. The van der Waals surface area contributed by atoms with E-state index in [-0.39, 0.29) is 11.2 Å². The average Bonchev–Trinajstić information content (AvgIpc) is 2.55. The lowest BCUT2D eigenvalue weighted by atomic mass is 9.88. The number of nitrogens with zero attached hydrogens (tertiary/aromatic N) is 2. The topological polar surface area (TPSA) is 37.8 Å². The number of rotatable bonds is 2. The summed E-state index contributed by atoms with van der Waals surface area (Å²) in [6, 6.07) is 8.06. The largest absolute Gasteiger partial charge is 0.373 e. The fourth-order valence-electron chi connectivity index (χ4n) is 2.84. The van der Waals surface area contributed by atoms with Crippen LogP contribution in [0.1, 0.15) is 32.0 Å². The van der Waals surface area contributed by atoms with Crippen LogP contribution in [0.3, 0.4) is 0 Å². The minimum Gasteiger partial charge on any atom is -0.373 e. The quantitative estimate of drug-likeness (QED) is 0.714. The molecule has 0 aliphatic carbocycles. The Hall–Kier alpha value is -2.49. The molecular formula is C20H22FN3. The molecule has 1 N–H and O–H groups in total. The molecule has 0 bridgehead atoms. The van der Waals surface area contributed by atoms with Crippen LogP contribution in [0.15, 0.2) is 36.7 Å². The Labute approximate surface area is 142 Å². The highest BCUT2D eigenvalue weighted by Crippen LogP contribution is 2.32. The normalized spacial score (nSPS) is 11.8. The van der Waals surface area contributed by atoms with Crippen LogP contribution in [0, 0.1) is 12.7 Å². The zero-order valence-electron chi connectivity index (χ0n) is 14.7. The predicted molar refractivity (Wildman–Crippen MR) is 97.9 cm³/mol. The van der Waals surface area contributed by atoms with E-state index in [1.165, 1.54) is 0 Å². The second kappa shape index (κ2) is 5.86. The number of hydrogen-bond acceptors (Lipinski definition) is 3. The van der Waals surface area contributed by atoms with Gasteiger partial charge in [-0.15, -0.1) is 0 Å².